The van der Waals surface area contributed by atoms with Gasteiger partial charge in [0, 0.05) is 13.6 Å². The number of ether oxygens (including phenoxy) is 3. The molecule has 0 fully saturated rings. The molecular weight excluding hydrogens is 573 g/mol. The van der Waals surface area contributed by atoms with E-state index in [0.717, 1.165) is 24.7 Å². The van der Waals surface area contributed by atoms with Crippen molar-refractivity contribution in [3.63, 3.8) is 0 Å². The van der Waals surface area contributed by atoms with Crippen molar-refractivity contribution in [3.05, 3.63) is 97.2 Å². The molecule has 0 amide bonds. The Morgan fingerprint density at radius 1 is 1.06 bits per heavy atom. The fraction of sp³-hybridized carbons (Fsp3) is 0.0833. The molecule has 0 N–H and O–H groups in total. The molecule has 0 atom stereocenters. The molecule has 3 aromatic carbocycles. The number of hydrogen-bond acceptors (Lipinski definition) is 5. The second kappa shape index (κ2) is 9.65. The van der Waals surface area contributed by atoms with Crippen LogP contribution in [0, 0.1) is 3.57 Å². The lowest BCUT2D eigenvalue weighted by Gasteiger charge is -2.11. The Morgan fingerprint density at radius 3 is 2.61 bits per heavy atom. The highest BCUT2D eigenvalue weighted by molar-refractivity contribution is 14.1. The first-order chi connectivity index (χ1) is 15.0. The number of benzene rings is 3. The minimum Gasteiger partial charge on any atom is -0.493 e. The average Bonchev–Trinajstić information content (AvgIpc) is 3.15. The molecule has 0 bridgehead atoms. The van der Waals surface area contributed by atoms with Crippen molar-refractivity contribution in [2.45, 2.75) is 6.61 Å². The maximum atomic E-state index is 12.3. The Hall–Kier alpha value is -2.65. The summed E-state index contributed by atoms with van der Waals surface area (Å²) in [5.41, 5.74) is 2.77. The van der Waals surface area contributed by atoms with E-state index in [1.807, 2.05) is 60.7 Å². The third-order valence-corrected chi connectivity index (χ3v) is 6.85. The Balaban J connectivity index is 1.55. The summed E-state index contributed by atoms with van der Waals surface area (Å²) < 4.78 is 18.7. The van der Waals surface area contributed by atoms with E-state index < -0.39 is 5.97 Å². The standard InChI is InChI=1S/C24H17BrINO4/c1-29-22-12-16(7-10-21(22)30-14-15-5-3-2-4-6-15)11-20-24(28)31-23(27-20)17-8-9-19(26)18(25)13-17/h2-13H,14H2,1H3/b20-11-. The van der Waals surface area contributed by atoms with Crippen LogP contribution in [-0.4, -0.2) is 19.0 Å². The van der Waals surface area contributed by atoms with Crippen LogP contribution >= 0.6 is 38.5 Å². The van der Waals surface area contributed by atoms with E-state index in [1.54, 1.807) is 19.3 Å². The predicted molar refractivity (Wildman–Crippen MR) is 131 cm³/mol. The summed E-state index contributed by atoms with van der Waals surface area (Å²) in [6.07, 6.45) is 1.67. The maximum absolute atomic E-state index is 12.3. The van der Waals surface area contributed by atoms with Crippen molar-refractivity contribution >= 4 is 56.5 Å². The van der Waals surface area contributed by atoms with Crippen LogP contribution in [0.15, 0.2) is 81.9 Å². The quantitative estimate of drug-likeness (QED) is 0.201. The molecule has 4 rings (SSSR count). The van der Waals surface area contributed by atoms with Crippen LogP contribution in [0.5, 0.6) is 11.5 Å². The Bertz CT molecular complexity index is 1190. The lowest BCUT2D eigenvalue weighted by atomic mass is 10.1. The summed E-state index contributed by atoms with van der Waals surface area (Å²) in [7, 11) is 1.58. The van der Waals surface area contributed by atoms with Crippen molar-refractivity contribution in [2.24, 2.45) is 4.99 Å². The fourth-order valence-electron chi connectivity index (χ4n) is 2.95. The van der Waals surface area contributed by atoms with E-state index in [9.17, 15) is 4.79 Å². The number of carbonyl (C=O) groups excluding carboxylic acids is 1. The summed E-state index contributed by atoms with van der Waals surface area (Å²) in [5, 5.41) is 0. The monoisotopic (exact) mass is 589 g/mol. The van der Waals surface area contributed by atoms with Gasteiger partial charge in [-0.05, 0) is 86.1 Å². The SMILES string of the molecule is COc1cc(/C=C2\N=C(c3ccc(I)c(Br)c3)OC2=O)ccc1OCc1ccccc1. The minimum absolute atomic E-state index is 0.227. The van der Waals surface area contributed by atoms with Crippen LogP contribution in [-0.2, 0) is 16.1 Å². The van der Waals surface area contributed by atoms with Gasteiger partial charge >= 0.3 is 5.97 Å². The highest BCUT2D eigenvalue weighted by Gasteiger charge is 2.24. The van der Waals surface area contributed by atoms with Crippen molar-refractivity contribution in [3.8, 4) is 11.5 Å². The van der Waals surface area contributed by atoms with Gasteiger partial charge < -0.3 is 14.2 Å². The van der Waals surface area contributed by atoms with Gasteiger partial charge in [-0.25, -0.2) is 9.79 Å². The Morgan fingerprint density at radius 2 is 1.87 bits per heavy atom. The van der Waals surface area contributed by atoms with Crippen molar-refractivity contribution in [1.82, 2.24) is 0 Å². The minimum atomic E-state index is -0.493. The first kappa shape index (κ1) is 21.6. The van der Waals surface area contributed by atoms with Gasteiger partial charge in [-0.15, -0.1) is 0 Å². The van der Waals surface area contributed by atoms with Crippen LogP contribution in [0.4, 0.5) is 0 Å². The Kier molecular flexibility index (Phi) is 6.72. The summed E-state index contributed by atoms with van der Waals surface area (Å²) in [5.74, 6) is 0.981. The molecule has 0 radical (unpaired) electrons. The topological polar surface area (TPSA) is 57.1 Å². The lowest BCUT2D eigenvalue weighted by molar-refractivity contribution is -0.129. The molecule has 3 aromatic rings. The molecule has 0 saturated heterocycles. The number of halogens is 2. The molecular formula is C24H17BrINO4. The highest BCUT2D eigenvalue weighted by atomic mass is 127. The van der Waals surface area contributed by atoms with Gasteiger partial charge in [0.2, 0.25) is 5.90 Å². The first-order valence-corrected chi connectivity index (χ1v) is 11.2. The number of hydrogen-bond donors (Lipinski definition) is 0. The zero-order chi connectivity index (χ0) is 21.8. The van der Waals surface area contributed by atoms with Crippen LogP contribution in [0.3, 0.4) is 0 Å². The van der Waals surface area contributed by atoms with Gasteiger partial charge in [0.1, 0.15) is 6.61 Å². The zero-order valence-electron chi connectivity index (χ0n) is 16.5. The molecule has 0 aromatic heterocycles. The molecule has 0 aliphatic carbocycles. The molecule has 0 saturated carbocycles. The van der Waals surface area contributed by atoms with Crippen molar-refractivity contribution < 1.29 is 19.0 Å². The maximum Gasteiger partial charge on any atom is 0.363 e. The van der Waals surface area contributed by atoms with Gasteiger partial charge in [-0.2, -0.15) is 0 Å². The van der Waals surface area contributed by atoms with Crippen molar-refractivity contribution in [2.75, 3.05) is 7.11 Å². The number of nitrogens with zero attached hydrogens (tertiary/aromatic N) is 1. The van der Waals surface area contributed by atoms with E-state index in [2.05, 4.69) is 43.5 Å². The molecule has 31 heavy (non-hydrogen) atoms. The molecule has 1 aliphatic heterocycles. The molecule has 7 heteroatoms. The van der Waals surface area contributed by atoms with Gasteiger partial charge in [-0.1, -0.05) is 36.4 Å². The smallest absolute Gasteiger partial charge is 0.363 e. The summed E-state index contributed by atoms with van der Waals surface area (Å²) in [6.45, 7) is 0.434. The van der Waals surface area contributed by atoms with Gasteiger partial charge in [0.15, 0.2) is 17.2 Å². The summed E-state index contributed by atoms with van der Waals surface area (Å²) >= 11 is 5.70. The van der Waals surface area contributed by atoms with E-state index >= 15 is 0 Å². The highest BCUT2D eigenvalue weighted by Crippen LogP contribution is 2.31. The van der Waals surface area contributed by atoms with Crippen LogP contribution in [0.2, 0.25) is 0 Å². The third-order valence-electron chi connectivity index (χ3n) is 4.52. The van der Waals surface area contributed by atoms with E-state index in [-0.39, 0.29) is 11.6 Å². The van der Waals surface area contributed by atoms with Gasteiger partial charge in [0.25, 0.3) is 0 Å². The average molecular weight is 590 g/mol. The fourth-order valence-corrected chi connectivity index (χ4v) is 3.66. The largest absolute Gasteiger partial charge is 0.493 e. The Labute approximate surface area is 202 Å². The number of rotatable bonds is 6. The summed E-state index contributed by atoms with van der Waals surface area (Å²) in [6, 6.07) is 21.0. The number of aliphatic imine (C=N–C) groups is 1. The van der Waals surface area contributed by atoms with E-state index in [1.165, 1.54) is 0 Å². The zero-order valence-corrected chi connectivity index (χ0v) is 20.2. The van der Waals surface area contributed by atoms with Crippen LogP contribution in [0.1, 0.15) is 16.7 Å². The van der Waals surface area contributed by atoms with Gasteiger partial charge in [-0.3, -0.25) is 0 Å². The van der Waals surface area contributed by atoms with Gasteiger partial charge in [0.05, 0.1) is 7.11 Å². The third kappa shape index (κ3) is 5.16. The second-order valence-corrected chi connectivity index (χ2v) is 8.67. The molecule has 0 unspecified atom stereocenters. The number of carbonyl (C=O) groups is 1. The molecule has 156 valence electrons. The molecule has 1 heterocycles. The number of methoxy groups -OCH3 is 1. The molecule has 1 aliphatic rings. The second-order valence-electron chi connectivity index (χ2n) is 6.65. The summed E-state index contributed by atoms with van der Waals surface area (Å²) in [4.78, 5) is 16.7. The predicted octanol–water partition coefficient (Wildman–Crippen LogP) is 5.99. The number of cyclic esters (lactones) is 1. The van der Waals surface area contributed by atoms with Crippen LogP contribution < -0.4 is 9.47 Å². The lowest BCUT2D eigenvalue weighted by Crippen LogP contribution is -2.05. The first-order valence-electron chi connectivity index (χ1n) is 9.36. The molecule has 5 nitrogen and oxygen atoms in total. The van der Waals surface area contributed by atoms with Crippen molar-refractivity contribution in [1.29, 1.82) is 0 Å². The normalized spacial score (nSPS) is 14.4. The van der Waals surface area contributed by atoms with Crippen LogP contribution in [0.25, 0.3) is 6.08 Å². The number of esters is 1. The van der Waals surface area contributed by atoms with E-state index in [0.29, 0.717) is 18.1 Å². The van der Waals surface area contributed by atoms with E-state index in [4.69, 9.17) is 14.2 Å². The molecule has 0 spiro atoms.